The summed E-state index contributed by atoms with van der Waals surface area (Å²) in [6, 6.07) is 0. The van der Waals surface area contributed by atoms with Crippen LogP contribution < -0.4 is 5.73 Å². The van der Waals surface area contributed by atoms with Crippen molar-refractivity contribution in [3.8, 4) is 0 Å². The molecule has 2 atom stereocenters. The van der Waals surface area contributed by atoms with Crippen LogP contribution in [0.3, 0.4) is 0 Å². The van der Waals surface area contributed by atoms with Crippen molar-refractivity contribution in [1.29, 1.82) is 0 Å². The minimum Gasteiger partial charge on any atom is -0.330 e. The van der Waals surface area contributed by atoms with Crippen LogP contribution in [0.1, 0.15) is 156 Å². The van der Waals surface area contributed by atoms with E-state index in [1.807, 2.05) is 0 Å². The standard InChI is InChI=1S/C27H57N/c1-4-7-10-13-15-16-18-21-23-26(22-20-17-14-11-8-5-2)27(25-28)24-19-12-9-6-3/h26-27H,4-25,28H2,1-3H3. The molecule has 0 saturated carbocycles. The fourth-order valence-electron chi connectivity index (χ4n) is 4.72. The van der Waals surface area contributed by atoms with E-state index in [4.69, 9.17) is 5.73 Å². The summed E-state index contributed by atoms with van der Waals surface area (Å²) in [5, 5.41) is 0. The zero-order valence-electron chi connectivity index (χ0n) is 20.3. The third-order valence-corrected chi connectivity index (χ3v) is 6.75. The monoisotopic (exact) mass is 395 g/mol. The fourth-order valence-corrected chi connectivity index (χ4v) is 4.72. The van der Waals surface area contributed by atoms with Crippen LogP contribution in [0.4, 0.5) is 0 Å². The maximum absolute atomic E-state index is 6.26. The molecule has 2 unspecified atom stereocenters. The van der Waals surface area contributed by atoms with Crippen molar-refractivity contribution in [2.24, 2.45) is 17.6 Å². The fraction of sp³-hybridized carbons (Fsp3) is 1.00. The molecule has 0 aromatic rings. The predicted molar refractivity (Wildman–Crippen MR) is 130 cm³/mol. The summed E-state index contributed by atoms with van der Waals surface area (Å²) in [6.45, 7) is 7.85. The molecule has 0 aromatic carbocycles. The molecule has 0 amide bonds. The van der Waals surface area contributed by atoms with Gasteiger partial charge < -0.3 is 5.73 Å². The van der Waals surface area contributed by atoms with Crippen molar-refractivity contribution in [1.82, 2.24) is 0 Å². The Morgan fingerprint density at radius 3 is 1.04 bits per heavy atom. The minimum absolute atomic E-state index is 0.789. The quantitative estimate of drug-likeness (QED) is 0.171. The van der Waals surface area contributed by atoms with Crippen LogP contribution in [-0.4, -0.2) is 6.54 Å². The van der Waals surface area contributed by atoms with E-state index in [9.17, 15) is 0 Å². The van der Waals surface area contributed by atoms with E-state index >= 15 is 0 Å². The summed E-state index contributed by atoms with van der Waals surface area (Å²) in [4.78, 5) is 0. The van der Waals surface area contributed by atoms with Crippen LogP contribution in [0, 0.1) is 11.8 Å². The molecular weight excluding hydrogens is 338 g/mol. The lowest BCUT2D eigenvalue weighted by Crippen LogP contribution is -2.24. The largest absolute Gasteiger partial charge is 0.330 e. The second-order valence-corrected chi connectivity index (χ2v) is 9.43. The Morgan fingerprint density at radius 1 is 0.393 bits per heavy atom. The Labute approximate surface area is 180 Å². The van der Waals surface area contributed by atoms with Crippen molar-refractivity contribution in [2.45, 2.75) is 156 Å². The average Bonchev–Trinajstić information content (AvgIpc) is 2.71. The van der Waals surface area contributed by atoms with Gasteiger partial charge in [-0.1, -0.05) is 149 Å². The molecule has 1 nitrogen and oxygen atoms in total. The third kappa shape index (κ3) is 18.0. The van der Waals surface area contributed by atoms with Gasteiger partial charge in [-0.05, 0) is 24.8 Å². The Morgan fingerprint density at radius 2 is 0.679 bits per heavy atom. The summed E-state index contributed by atoms with van der Waals surface area (Å²) in [6.07, 6.45) is 29.9. The Kier molecular flexibility index (Phi) is 23.2. The molecule has 0 bridgehead atoms. The van der Waals surface area contributed by atoms with E-state index in [-0.39, 0.29) is 0 Å². The summed E-state index contributed by atoms with van der Waals surface area (Å²) in [7, 11) is 0. The lowest BCUT2D eigenvalue weighted by atomic mass is 9.80. The van der Waals surface area contributed by atoms with Crippen LogP contribution >= 0.6 is 0 Å². The predicted octanol–water partition coefficient (Wildman–Crippen LogP) is 9.43. The van der Waals surface area contributed by atoms with Crippen molar-refractivity contribution in [3.63, 3.8) is 0 Å². The highest BCUT2D eigenvalue weighted by molar-refractivity contribution is 4.72. The number of hydrogen-bond acceptors (Lipinski definition) is 1. The van der Waals surface area contributed by atoms with Gasteiger partial charge in [0.25, 0.3) is 0 Å². The molecule has 0 aromatic heterocycles. The van der Waals surface area contributed by atoms with E-state index in [1.165, 1.54) is 135 Å². The lowest BCUT2D eigenvalue weighted by molar-refractivity contribution is 0.261. The van der Waals surface area contributed by atoms with Crippen molar-refractivity contribution >= 4 is 0 Å². The molecule has 0 saturated heterocycles. The van der Waals surface area contributed by atoms with Crippen LogP contribution in [0.15, 0.2) is 0 Å². The van der Waals surface area contributed by atoms with E-state index in [2.05, 4.69) is 20.8 Å². The number of rotatable bonds is 23. The molecule has 0 heterocycles. The van der Waals surface area contributed by atoms with Crippen LogP contribution in [0.5, 0.6) is 0 Å². The highest BCUT2D eigenvalue weighted by Gasteiger charge is 2.19. The van der Waals surface area contributed by atoms with E-state index < -0.39 is 0 Å². The molecular formula is C27H57N. The van der Waals surface area contributed by atoms with E-state index in [0.29, 0.717) is 0 Å². The molecule has 170 valence electrons. The molecule has 0 spiro atoms. The molecule has 0 aliphatic carbocycles. The normalized spacial score (nSPS) is 13.7. The topological polar surface area (TPSA) is 26.0 Å². The van der Waals surface area contributed by atoms with E-state index in [0.717, 1.165) is 18.4 Å². The Hall–Kier alpha value is -0.0400. The zero-order valence-corrected chi connectivity index (χ0v) is 20.3. The molecule has 0 rings (SSSR count). The van der Waals surface area contributed by atoms with Crippen LogP contribution in [0.25, 0.3) is 0 Å². The summed E-state index contributed by atoms with van der Waals surface area (Å²) in [5.74, 6) is 1.69. The second kappa shape index (κ2) is 23.2. The van der Waals surface area contributed by atoms with Crippen LogP contribution in [0.2, 0.25) is 0 Å². The van der Waals surface area contributed by atoms with Gasteiger partial charge in [-0.3, -0.25) is 0 Å². The average molecular weight is 396 g/mol. The first-order valence-electron chi connectivity index (χ1n) is 13.5. The molecule has 2 N–H and O–H groups in total. The summed E-state index contributed by atoms with van der Waals surface area (Å²) >= 11 is 0. The van der Waals surface area contributed by atoms with Gasteiger partial charge in [0.2, 0.25) is 0 Å². The maximum atomic E-state index is 6.26. The summed E-state index contributed by atoms with van der Waals surface area (Å²) in [5.41, 5.74) is 6.26. The van der Waals surface area contributed by atoms with Gasteiger partial charge in [0.05, 0.1) is 0 Å². The molecule has 1 heteroatoms. The molecule has 0 aliphatic rings. The van der Waals surface area contributed by atoms with Crippen molar-refractivity contribution in [3.05, 3.63) is 0 Å². The third-order valence-electron chi connectivity index (χ3n) is 6.75. The molecule has 0 aliphatic heterocycles. The van der Waals surface area contributed by atoms with Gasteiger partial charge in [-0.2, -0.15) is 0 Å². The SMILES string of the molecule is CCCCCCCCCCC(CCCCCCCC)C(CN)CCCCCC. The summed E-state index contributed by atoms with van der Waals surface area (Å²) < 4.78 is 0. The first-order chi connectivity index (χ1) is 13.8. The lowest BCUT2D eigenvalue weighted by Gasteiger charge is -2.26. The molecule has 28 heavy (non-hydrogen) atoms. The van der Waals surface area contributed by atoms with Crippen molar-refractivity contribution < 1.29 is 0 Å². The van der Waals surface area contributed by atoms with Gasteiger partial charge in [0.15, 0.2) is 0 Å². The zero-order chi connectivity index (χ0) is 20.7. The van der Waals surface area contributed by atoms with Gasteiger partial charge in [0, 0.05) is 0 Å². The number of nitrogens with two attached hydrogens (primary N) is 1. The number of unbranched alkanes of at least 4 members (excludes halogenated alkanes) is 15. The Bertz CT molecular complexity index is 275. The van der Waals surface area contributed by atoms with Crippen molar-refractivity contribution in [2.75, 3.05) is 6.54 Å². The van der Waals surface area contributed by atoms with Gasteiger partial charge in [0.1, 0.15) is 0 Å². The number of hydrogen-bond donors (Lipinski definition) is 1. The van der Waals surface area contributed by atoms with Gasteiger partial charge >= 0.3 is 0 Å². The molecule has 0 radical (unpaired) electrons. The maximum Gasteiger partial charge on any atom is -0.00462 e. The van der Waals surface area contributed by atoms with Gasteiger partial charge in [-0.25, -0.2) is 0 Å². The minimum atomic E-state index is 0.789. The van der Waals surface area contributed by atoms with Gasteiger partial charge in [-0.15, -0.1) is 0 Å². The van der Waals surface area contributed by atoms with Crippen LogP contribution in [-0.2, 0) is 0 Å². The molecule has 0 fully saturated rings. The first-order valence-corrected chi connectivity index (χ1v) is 13.5. The second-order valence-electron chi connectivity index (χ2n) is 9.43. The van der Waals surface area contributed by atoms with E-state index in [1.54, 1.807) is 0 Å². The highest BCUT2D eigenvalue weighted by Crippen LogP contribution is 2.29. The smallest absolute Gasteiger partial charge is 0.00462 e. The Balaban J connectivity index is 4.13. The first kappa shape index (κ1) is 28.0. The highest BCUT2D eigenvalue weighted by atomic mass is 14.6.